The summed E-state index contributed by atoms with van der Waals surface area (Å²) >= 11 is 0. The van der Waals surface area contributed by atoms with Crippen LogP contribution in [0.25, 0.3) is 50.2 Å². The summed E-state index contributed by atoms with van der Waals surface area (Å²) in [6.07, 6.45) is 6.66. The molecule has 0 amide bonds. The van der Waals surface area contributed by atoms with Gasteiger partial charge in [-0.1, -0.05) is 115 Å². The summed E-state index contributed by atoms with van der Waals surface area (Å²) in [5, 5.41) is 3.57. The van der Waals surface area contributed by atoms with Gasteiger partial charge in [0.05, 0.1) is 23.1 Å². The first kappa shape index (κ1) is 30.5. The smallest absolute Gasteiger partial charge is 0.161 e. The predicted molar refractivity (Wildman–Crippen MR) is 214 cm³/mol. The molecule has 244 valence electrons. The third-order valence-corrected chi connectivity index (χ3v) is 9.78. The average Bonchev–Trinajstić information content (AvgIpc) is 3.71. The zero-order valence-corrected chi connectivity index (χ0v) is 28.2. The normalized spacial score (nSPS) is 13.3. The van der Waals surface area contributed by atoms with Crippen molar-refractivity contribution in [1.82, 2.24) is 9.13 Å². The van der Waals surface area contributed by atoms with Crippen LogP contribution in [0.5, 0.6) is 0 Å². The van der Waals surface area contributed by atoms with E-state index in [-0.39, 0.29) is 0 Å². The van der Waals surface area contributed by atoms with Crippen molar-refractivity contribution in [1.29, 1.82) is 0 Å². The molecule has 0 saturated carbocycles. The number of para-hydroxylation sites is 2. The molecule has 1 aliphatic carbocycles. The van der Waals surface area contributed by atoms with Crippen LogP contribution >= 0.6 is 0 Å². The Morgan fingerprint density at radius 1 is 0.569 bits per heavy atom. The lowest BCUT2D eigenvalue weighted by Gasteiger charge is -2.14. The van der Waals surface area contributed by atoms with Crippen molar-refractivity contribution in [3.05, 3.63) is 186 Å². The molecule has 0 bridgehead atoms. The molecular formula is C46H35N5. The summed E-state index contributed by atoms with van der Waals surface area (Å²) in [5.41, 5.74) is 11.4. The summed E-state index contributed by atoms with van der Waals surface area (Å²) in [4.78, 5) is 14.4. The van der Waals surface area contributed by atoms with E-state index in [1.165, 1.54) is 33.2 Å². The van der Waals surface area contributed by atoms with Crippen molar-refractivity contribution in [3.63, 3.8) is 0 Å². The van der Waals surface area contributed by atoms with Crippen LogP contribution in [0.15, 0.2) is 173 Å². The second-order valence-corrected chi connectivity index (χ2v) is 12.8. The Labute approximate surface area is 296 Å². The van der Waals surface area contributed by atoms with Crippen LogP contribution in [0.2, 0.25) is 0 Å². The molecule has 51 heavy (non-hydrogen) atoms. The molecule has 2 aromatic heterocycles. The van der Waals surface area contributed by atoms with Crippen molar-refractivity contribution in [2.24, 2.45) is 15.0 Å². The highest BCUT2D eigenvalue weighted by molar-refractivity contribution is 6.16. The molecule has 0 spiro atoms. The molecular weight excluding hydrogens is 623 g/mol. The Bertz CT molecular complexity index is 2660. The summed E-state index contributed by atoms with van der Waals surface area (Å²) in [5.74, 6) is 1.15. The summed E-state index contributed by atoms with van der Waals surface area (Å²) in [6.45, 7) is 4.46. The summed E-state index contributed by atoms with van der Waals surface area (Å²) < 4.78 is 4.83. The first-order valence-electron chi connectivity index (χ1n) is 17.4. The molecule has 6 aromatic carbocycles. The minimum absolute atomic E-state index is 0.517. The van der Waals surface area contributed by atoms with Gasteiger partial charge in [0, 0.05) is 49.9 Å². The van der Waals surface area contributed by atoms with E-state index in [1.54, 1.807) is 0 Å². The maximum Gasteiger partial charge on any atom is 0.161 e. The highest BCUT2D eigenvalue weighted by atomic mass is 15.0. The van der Waals surface area contributed by atoms with E-state index in [4.69, 9.17) is 9.98 Å². The zero-order chi connectivity index (χ0) is 34.1. The molecule has 0 unspecified atom stereocenters. The Morgan fingerprint density at radius 2 is 1.29 bits per heavy atom. The fourth-order valence-corrected chi connectivity index (χ4v) is 7.43. The van der Waals surface area contributed by atoms with Crippen LogP contribution in [0.3, 0.4) is 0 Å². The number of hydrogen-bond donors (Lipinski definition) is 0. The van der Waals surface area contributed by atoms with Crippen LogP contribution in [0.1, 0.15) is 34.4 Å². The van der Waals surface area contributed by atoms with Gasteiger partial charge in [0.2, 0.25) is 0 Å². The van der Waals surface area contributed by atoms with Crippen molar-refractivity contribution in [3.8, 4) is 11.4 Å². The number of nitrogens with zero attached hydrogens (tertiary/aromatic N) is 5. The van der Waals surface area contributed by atoms with Crippen LogP contribution in [-0.2, 0) is 13.0 Å². The number of amidine groups is 2. The highest BCUT2D eigenvalue weighted by Crippen LogP contribution is 2.38. The van der Waals surface area contributed by atoms with Gasteiger partial charge in [-0.2, -0.15) is 0 Å². The molecule has 0 saturated heterocycles. The molecule has 0 atom stereocenters. The third-order valence-electron chi connectivity index (χ3n) is 9.78. The number of aliphatic imine (C=N–C) groups is 3. The Kier molecular flexibility index (Phi) is 7.78. The van der Waals surface area contributed by atoms with Gasteiger partial charge in [-0.15, -0.1) is 0 Å². The molecule has 5 heteroatoms. The second kappa shape index (κ2) is 13.0. The van der Waals surface area contributed by atoms with Gasteiger partial charge in [0.15, 0.2) is 11.7 Å². The number of fused-ring (bicyclic) bond motifs is 6. The first-order valence-corrected chi connectivity index (χ1v) is 17.4. The summed E-state index contributed by atoms with van der Waals surface area (Å²) in [6, 6.07) is 53.0. The van der Waals surface area contributed by atoms with Crippen LogP contribution in [-0.4, -0.2) is 27.5 Å². The maximum absolute atomic E-state index is 5.03. The van der Waals surface area contributed by atoms with Gasteiger partial charge in [0.25, 0.3) is 0 Å². The zero-order valence-electron chi connectivity index (χ0n) is 28.2. The number of rotatable bonds is 6. The van der Waals surface area contributed by atoms with Gasteiger partial charge in [-0.05, 0) is 73.7 Å². The predicted octanol–water partition coefficient (Wildman–Crippen LogP) is 10.8. The lowest BCUT2D eigenvalue weighted by molar-refractivity contribution is 0.888. The van der Waals surface area contributed by atoms with Gasteiger partial charge in [-0.3, -0.25) is 4.99 Å². The lowest BCUT2D eigenvalue weighted by atomic mass is 10.0. The van der Waals surface area contributed by atoms with Crippen molar-refractivity contribution in [2.45, 2.75) is 19.4 Å². The molecule has 9 rings (SSSR count). The van der Waals surface area contributed by atoms with E-state index in [0.29, 0.717) is 18.2 Å². The Morgan fingerprint density at radius 3 is 2.10 bits per heavy atom. The fourth-order valence-electron chi connectivity index (χ4n) is 7.43. The molecule has 0 N–H and O–H groups in total. The quantitative estimate of drug-likeness (QED) is 0.126. The molecule has 0 radical (unpaired) electrons. The van der Waals surface area contributed by atoms with Gasteiger partial charge >= 0.3 is 0 Å². The van der Waals surface area contributed by atoms with Gasteiger partial charge < -0.3 is 9.13 Å². The lowest BCUT2D eigenvalue weighted by Crippen LogP contribution is -2.05. The number of hydrogen-bond acceptors (Lipinski definition) is 1. The van der Waals surface area contributed by atoms with E-state index < -0.39 is 0 Å². The molecule has 1 aliphatic rings. The minimum Gasteiger partial charge on any atom is -0.313 e. The van der Waals surface area contributed by atoms with Crippen LogP contribution < -0.4 is 0 Å². The van der Waals surface area contributed by atoms with E-state index in [2.05, 4.69) is 136 Å². The number of aromatic nitrogens is 2. The molecule has 2 heterocycles. The third kappa shape index (κ3) is 5.49. The first-order chi connectivity index (χ1) is 25.3. The minimum atomic E-state index is 0.517. The Hall–Kier alpha value is -6.59. The molecule has 5 nitrogen and oxygen atoms in total. The van der Waals surface area contributed by atoms with Gasteiger partial charge in [0.1, 0.15) is 0 Å². The van der Waals surface area contributed by atoms with E-state index >= 15 is 0 Å². The standard InChI is InChI=1S/C46H35N5/c1-47-45(49-46(33-17-7-3-8-18-33)48-31-32-15-5-2-6-16-32)34-25-28-43-40(29-34)38-22-12-14-24-42(38)51(43)36-26-27-39-37-21-11-13-23-41(37)50(44(39)30-36)35-19-9-4-10-20-35/h2-12,14-22,24-30H,1,13,23,31H2/b48-46-,49-45-. The van der Waals surface area contributed by atoms with E-state index in [9.17, 15) is 0 Å². The van der Waals surface area contributed by atoms with Crippen LogP contribution in [0.4, 0.5) is 0 Å². The van der Waals surface area contributed by atoms with E-state index in [1.807, 2.05) is 48.5 Å². The van der Waals surface area contributed by atoms with E-state index in [0.717, 1.165) is 51.6 Å². The number of benzene rings is 6. The maximum atomic E-state index is 5.03. The van der Waals surface area contributed by atoms with Crippen molar-refractivity contribution in [2.75, 3.05) is 0 Å². The largest absolute Gasteiger partial charge is 0.313 e. The second-order valence-electron chi connectivity index (χ2n) is 12.8. The monoisotopic (exact) mass is 657 g/mol. The van der Waals surface area contributed by atoms with Gasteiger partial charge in [-0.25, -0.2) is 9.98 Å². The highest BCUT2D eigenvalue weighted by Gasteiger charge is 2.21. The summed E-state index contributed by atoms with van der Waals surface area (Å²) in [7, 11) is 0. The van der Waals surface area contributed by atoms with Crippen molar-refractivity contribution < 1.29 is 0 Å². The Balaban J connectivity index is 1.19. The SMILES string of the molecule is C=N/C(=N\C(=N/Cc1ccccc1)c1ccccc1)c1ccc2c(c1)c1ccccc1n2-c1ccc2c3c(n(-c4ccccc4)c2c1)CCC=C3. The van der Waals surface area contributed by atoms with Crippen molar-refractivity contribution >= 4 is 57.2 Å². The molecule has 0 fully saturated rings. The molecule has 8 aromatic rings. The van der Waals surface area contributed by atoms with Crippen LogP contribution in [0, 0.1) is 0 Å². The average molecular weight is 658 g/mol. The molecule has 0 aliphatic heterocycles. The number of allylic oxidation sites excluding steroid dienone is 1. The fraction of sp³-hybridized carbons (Fsp3) is 0.0652. The topological polar surface area (TPSA) is 46.9 Å².